The summed E-state index contributed by atoms with van der Waals surface area (Å²) in [7, 11) is 0. The molecule has 13 heteroatoms. The van der Waals surface area contributed by atoms with E-state index in [1.54, 1.807) is 20.8 Å². The van der Waals surface area contributed by atoms with E-state index in [1.165, 1.54) is 12.5 Å². The molecule has 0 bridgehead atoms. The maximum Gasteiger partial charge on any atom is 0.326 e. The number of aromatic amines is 1. The lowest BCUT2D eigenvalue weighted by Crippen LogP contribution is -2.59. The molecule has 13 nitrogen and oxygen atoms in total. The van der Waals surface area contributed by atoms with Crippen molar-refractivity contribution in [1.82, 2.24) is 25.9 Å². The summed E-state index contributed by atoms with van der Waals surface area (Å²) in [4.78, 5) is 68.2. The van der Waals surface area contributed by atoms with Crippen LogP contribution < -0.4 is 21.7 Å². The smallest absolute Gasteiger partial charge is 0.326 e. The fourth-order valence-electron chi connectivity index (χ4n) is 3.42. The first-order valence-electron chi connectivity index (χ1n) is 12.0. The molecule has 0 radical (unpaired) electrons. The highest BCUT2D eigenvalue weighted by molar-refractivity contribution is 5.94. The quantitative estimate of drug-likeness (QED) is 0.156. The van der Waals surface area contributed by atoms with E-state index >= 15 is 0 Å². The van der Waals surface area contributed by atoms with Gasteiger partial charge in [-0.2, -0.15) is 0 Å². The van der Waals surface area contributed by atoms with Gasteiger partial charge in [-0.1, -0.05) is 40.5 Å². The highest BCUT2D eigenvalue weighted by atomic mass is 16.4. The van der Waals surface area contributed by atoms with E-state index in [0.29, 0.717) is 18.5 Å². The molecule has 0 fully saturated rings. The van der Waals surface area contributed by atoms with Crippen molar-refractivity contribution < 1.29 is 34.2 Å². The van der Waals surface area contributed by atoms with Crippen molar-refractivity contribution in [2.24, 2.45) is 17.6 Å². The third-order valence-electron chi connectivity index (χ3n) is 6.18. The Bertz CT molecular complexity index is 892. The number of nitrogens with one attached hydrogen (secondary N) is 4. The number of nitrogens with zero attached hydrogens (tertiary/aromatic N) is 1. The molecule has 0 aromatic carbocycles. The van der Waals surface area contributed by atoms with Gasteiger partial charge in [-0.15, -0.1) is 0 Å². The molecule has 0 saturated heterocycles. The first-order valence-corrected chi connectivity index (χ1v) is 12.0. The summed E-state index contributed by atoms with van der Waals surface area (Å²) in [5.41, 5.74) is 6.62. The standard InChI is InChI=1S/C23H38N6O7/c1-5-12(3)18(28-20(32)15(24)9-14-10-25-11-26-14)22(34)27-16(7-8-17(30)31)21(33)29-19(23(35)36)13(4)6-2/h10-13,15-16,18-19H,5-9,24H2,1-4H3,(H,25,26)(H,27,34)(H,28,32)(H,29,33)(H,30,31)(H,35,36). The Kier molecular flexibility index (Phi) is 12.6. The molecule has 0 spiro atoms. The average Bonchev–Trinajstić information content (AvgIpc) is 3.34. The van der Waals surface area contributed by atoms with Gasteiger partial charge in [0.15, 0.2) is 0 Å². The van der Waals surface area contributed by atoms with Gasteiger partial charge in [0.25, 0.3) is 0 Å². The predicted octanol–water partition coefficient (Wildman–Crippen LogP) is -0.224. The fourth-order valence-corrected chi connectivity index (χ4v) is 3.42. The number of nitrogens with two attached hydrogens (primary N) is 1. The molecule has 1 heterocycles. The third kappa shape index (κ3) is 9.64. The van der Waals surface area contributed by atoms with Gasteiger partial charge in [0.05, 0.1) is 12.4 Å². The van der Waals surface area contributed by atoms with Gasteiger partial charge in [-0.3, -0.25) is 19.2 Å². The van der Waals surface area contributed by atoms with E-state index in [1.807, 2.05) is 6.92 Å². The minimum Gasteiger partial charge on any atom is -0.481 e. The van der Waals surface area contributed by atoms with E-state index < -0.39 is 66.2 Å². The lowest BCUT2D eigenvalue weighted by molar-refractivity contribution is -0.144. The van der Waals surface area contributed by atoms with Crippen LogP contribution in [0.4, 0.5) is 0 Å². The Labute approximate surface area is 210 Å². The van der Waals surface area contributed by atoms with Crippen LogP contribution in [0.3, 0.4) is 0 Å². The molecule has 1 rings (SSSR count). The van der Waals surface area contributed by atoms with E-state index in [0.717, 1.165) is 0 Å². The molecule has 202 valence electrons. The highest BCUT2D eigenvalue weighted by Crippen LogP contribution is 2.12. The lowest BCUT2D eigenvalue weighted by atomic mass is 9.96. The Hall–Kier alpha value is -3.48. The second-order valence-electron chi connectivity index (χ2n) is 8.96. The summed E-state index contributed by atoms with van der Waals surface area (Å²) in [6.45, 7) is 6.98. The number of hydrogen-bond donors (Lipinski definition) is 7. The zero-order valence-corrected chi connectivity index (χ0v) is 21.1. The maximum absolute atomic E-state index is 13.2. The number of aliphatic carboxylic acids is 2. The number of imidazole rings is 1. The topological polar surface area (TPSA) is 217 Å². The van der Waals surface area contributed by atoms with Crippen molar-refractivity contribution in [3.05, 3.63) is 18.2 Å². The molecule has 0 aliphatic heterocycles. The maximum atomic E-state index is 13.2. The first-order chi connectivity index (χ1) is 16.9. The fraction of sp³-hybridized carbons (Fsp3) is 0.652. The molecule has 0 aliphatic rings. The van der Waals surface area contributed by atoms with E-state index in [9.17, 15) is 29.1 Å². The second-order valence-corrected chi connectivity index (χ2v) is 8.96. The zero-order valence-electron chi connectivity index (χ0n) is 21.1. The Morgan fingerprint density at radius 3 is 2.03 bits per heavy atom. The number of hydrogen-bond acceptors (Lipinski definition) is 7. The minimum atomic E-state index is -1.32. The van der Waals surface area contributed by atoms with Gasteiger partial charge in [0, 0.05) is 24.7 Å². The average molecular weight is 511 g/mol. The van der Waals surface area contributed by atoms with Crippen molar-refractivity contribution in [2.45, 2.75) is 84.0 Å². The van der Waals surface area contributed by atoms with Crippen LogP contribution in [0.5, 0.6) is 0 Å². The Morgan fingerprint density at radius 2 is 1.53 bits per heavy atom. The van der Waals surface area contributed by atoms with Crippen LogP contribution in [-0.2, 0) is 30.4 Å². The summed E-state index contributed by atoms with van der Waals surface area (Å²) in [6, 6.07) is -4.55. The molecular formula is C23H38N6O7. The molecule has 1 aromatic rings. The van der Waals surface area contributed by atoms with Gasteiger partial charge in [-0.05, 0) is 18.3 Å². The van der Waals surface area contributed by atoms with Gasteiger partial charge in [0.2, 0.25) is 17.7 Å². The number of carbonyl (C=O) groups is 5. The van der Waals surface area contributed by atoms with Crippen molar-refractivity contribution in [2.75, 3.05) is 0 Å². The van der Waals surface area contributed by atoms with E-state index in [2.05, 4.69) is 25.9 Å². The summed E-state index contributed by atoms with van der Waals surface area (Å²) in [5.74, 6) is -5.27. The number of H-pyrrole nitrogens is 1. The molecule has 6 unspecified atom stereocenters. The van der Waals surface area contributed by atoms with Crippen LogP contribution in [0.2, 0.25) is 0 Å². The predicted molar refractivity (Wildman–Crippen MR) is 129 cm³/mol. The van der Waals surface area contributed by atoms with Gasteiger partial charge in [0.1, 0.15) is 18.1 Å². The van der Waals surface area contributed by atoms with Crippen LogP contribution >= 0.6 is 0 Å². The largest absolute Gasteiger partial charge is 0.481 e. The molecular weight excluding hydrogens is 472 g/mol. The molecule has 0 aliphatic carbocycles. The molecule has 1 aromatic heterocycles. The zero-order chi connectivity index (χ0) is 27.4. The van der Waals surface area contributed by atoms with Crippen LogP contribution in [0.1, 0.15) is 59.1 Å². The van der Waals surface area contributed by atoms with Gasteiger partial charge >= 0.3 is 11.9 Å². The molecule has 8 N–H and O–H groups in total. The Balaban J connectivity index is 3.02. The van der Waals surface area contributed by atoms with E-state index in [-0.39, 0.29) is 18.8 Å². The highest BCUT2D eigenvalue weighted by Gasteiger charge is 2.33. The number of carbonyl (C=O) groups excluding carboxylic acids is 3. The van der Waals surface area contributed by atoms with Crippen molar-refractivity contribution in [3.8, 4) is 0 Å². The second kappa shape index (κ2) is 14.8. The molecule has 6 atom stereocenters. The summed E-state index contributed by atoms with van der Waals surface area (Å²) < 4.78 is 0. The van der Waals surface area contributed by atoms with Crippen LogP contribution in [-0.4, -0.2) is 74.0 Å². The van der Waals surface area contributed by atoms with E-state index in [4.69, 9.17) is 10.8 Å². The van der Waals surface area contributed by atoms with Crippen LogP contribution in [0.25, 0.3) is 0 Å². The van der Waals surface area contributed by atoms with Gasteiger partial charge < -0.3 is 36.9 Å². The van der Waals surface area contributed by atoms with Crippen molar-refractivity contribution in [1.29, 1.82) is 0 Å². The van der Waals surface area contributed by atoms with Crippen LogP contribution in [0.15, 0.2) is 12.5 Å². The summed E-state index contributed by atoms with van der Waals surface area (Å²) in [5, 5.41) is 26.1. The number of amides is 3. The third-order valence-corrected chi connectivity index (χ3v) is 6.18. The summed E-state index contributed by atoms with van der Waals surface area (Å²) in [6.07, 6.45) is 3.43. The van der Waals surface area contributed by atoms with Crippen molar-refractivity contribution >= 4 is 29.7 Å². The monoisotopic (exact) mass is 510 g/mol. The molecule has 36 heavy (non-hydrogen) atoms. The molecule has 0 saturated carbocycles. The van der Waals surface area contributed by atoms with Gasteiger partial charge in [-0.25, -0.2) is 9.78 Å². The Morgan fingerprint density at radius 1 is 0.944 bits per heavy atom. The van der Waals surface area contributed by atoms with Crippen LogP contribution in [0, 0.1) is 11.8 Å². The number of carboxylic acids is 2. The normalized spacial score (nSPS) is 16.0. The lowest BCUT2D eigenvalue weighted by Gasteiger charge is -2.28. The number of carboxylic acid groups (broad SMARTS) is 2. The number of aromatic nitrogens is 2. The molecule has 3 amide bonds. The van der Waals surface area contributed by atoms with Crippen molar-refractivity contribution in [3.63, 3.8) is 0 Å². The summed E-state index contributed by atoms with van der Waals surface area (Å²) >= 11 is 0. The first kappa shape index (κ1) is 30.6. The SMILES string of the molecule is CCC(C)C(NC(=O)C(CCC(=O)O)NC(=O)C(NC(=O)C(N)Cc1cnc[nH]1)C(C)CC)C(=O)O. The number of rotatable bonds is 16. The minimum absolute atomic E-state index is 0.163.